The van der Waals surface area contributed by atoms with E-state index in [2.05, 4.69) is 10.1 Å². The summed E-state index contributed by atoms with van der Waals surface area (Å²) in [6.45, 7) is 1.83. The maximum absolute atomic E-state index is 13.4. The lowest BCUT2D eigenvalue weighted by Crippen LogP contribution is -2.30. The van der Waals surface area contributed by atoms with Crippen molar-refractivity contribution < 1.29 is 14.3 Å². The second kappa shape index (κ2) is 6.72. The summed E-state index contributed by atoms with van der Waals surface area (Å²) < 4.78 is 14.6. The van der Waals surface area contributed by atoms with Crippen LogP contribution in [0.25, 0.3) is 5.69 Å². The maximum Gasteiger partial charge on any atom is 0.278 e. The van der Waals surface area contributed by atoms with Gasteiger partial charge in [-0.2, -0.15) is 5.10 Å². The van der Waals surface area contributed by atoms with Gasteiger partial charge in [0.25, 0.3) is 5.91 Å². The van der Waals surface area contributed by atoms with E-state index in [4.69, 9.17) is 0 Å². The lowest BCUT2D eigenvalue weighted by molar-refractivity contribution is 0.0730. The fourth-order valence-electron chi connectivity index (χ4n) is 2.43. The Bertz CT molecular complexity index is 895. The van der Waals surface area contributed by atoms with Gasteiger partial charge in [0.15, 0.2) is 11.4 Å². The van der Waals surface area contributed by atoms with Crippen LogP contribution < -0.4 is 0 Å². The predicted octanol–water partition coefficient (Wildman–Crippen LogP) is 2.95. The molecule has 2 aromatic heterocycles. The van der Waals surface area contributed by atoms with Crippen LogP contribution >= 0.6 is 0 Å². The van der Waals surface area contributed by atoms with Crippen molar-refractivity contribution >= 4 is 5.91 Å². The van der Waals surface area contributed by atoms with E-state index in [-0.39, 0.29) is 17.5 Å². The first kappa shape index (κ1) is 16.6. The number of nitrogens with zero attached hydrogens (tertiary/aromatic N) is 4. The van der Waals surface area contributed by atoms with Gasteiger partial charge in [-0.25, -0.2) is 9.07 Å². The number of pyridine rings is 1. The molecule has 0 saturated carbocycles. The average Bonchev–Trinajstić information content (AvgIpc) is 3.02. The molecule has 2 heterocycles. The van der Waals surface area contributed by atoms with E-state index in [1.165, 1.54) is 34.0 Å². The van der Waals surface area contributed by atoms with Gasteiger partial charge in [-0.15, -0.1) is 0 Å². The molecule has 0 fully saturated rings. The Hall–Kier alpha value is -3.22. The summed E-state index contributed by atoms with van der Waals surface area (Å²) in [6, 6.07) is 10.9. The average molecular weight is 340 g/mol. The Morgan fingerprint density at radius 1 is 1.28 bits per heavy atom. The van der Waals surface area contributed by atoms with Crippen molar-refractivity contribution in [3.63, 3.8) is 0 Å². The third-order valence-corrected chi connectivity index (χ3v) is 3.99. The van der Waals surface area contributed by atoms with Gasteiger partial charge in [0.2, 0.25) is 0 Å². The van der Waals surface area contributed by atoms with Gasteiger partial charge in [0.05, 0.1) is 23.6 Å². The zero-order valence-electron chi connectivity index (χ0n) is 13.8. The summed E-state index contributed by atoms with van der Waals surface area (Å²) >= 11 is 0. The van der Waals surface area contributed by atoms with Crippen LogP contribution in [0.2, 0.25) is 0 Å². The van der Waals surface area contributed by atoms with Crippen LogP contribution in [0.3, 0.4) is 0 Å². The van der Waals surface area contributed by atoms with Gasteiger partial charge >= 0.3 is 0 Å². The molecule has 0 aliphatic heterocycles. The van der Waals surface area contributed by atoms with Crippen molar-refractivity contribution in [3.05, 3.63) is 72.1 Å². The number of rotatable bonds is 4. The Kier molecular flexibility index (Phi) is 4.47. The molecule has 3 rings (SSSR count). The summed E-state index contributed by atoms with van der Waals surface area (Å²) in [5, 5.41) is 14.2. The van der Waals surface area contributed by atoms with Crippen molar-refractivity contribution in [2.45, 2.75) is 13.0 Å². The van der Waals surface area contributed by atoms with Crippen LogP contribution in [0.1, 0.15) is 29.1 Å². The van der Waals surface area contributed by atoms with Gasteiger partial charge in [-0.05, 0) is 37.3 Å². The lowest BCUT2D eigenvalue weighted by Gasteiger charge is -2.23. The van der Waals surface area contributed by atoms with Crippen molar-refractivity contribution in [2.24, 2.45) is 0 Å². The number of hydrogen-bond acceptors (Lipinski definition) is 4. The standard InChI is InChI=1S/C18H17FN4O2/c1-12(15-8-3-4-9-20-15)22(2)18(25)17-16(24)11-23(21-17)14-7-5-6-13(19)10-14/h3-12,24H,1-2H3/t12-/m1/s1. The third kappa shape index (κ3) is 3.35. The third-order valence-electron chi connectivity index (χ3n) is 3.99. The minimum atomic E-state index is -0.453. The van der Waals surface area contributed by atoms with Gasteiger partial charge < -0.3 is 10.0 Å². The number of amides is 1. The summed E-state index contributed by atoms with van der Waals surface area (Å²) in [4.78, 5) is 18.4. The van der Waals surface area contributed by atoms with E-state index >= 15 is 0 Å². The van der Waals surface area contributed by atoms with Gasteiger partial charge in [0, 0.05) is 13.2 Å². The Morgan fingerprint density at radius 2 is 2.08 bits per heavy atom. The molecule has 0 unspecified atom stereocenters. The quantitative estimate of drug-likeness (QED) is 0.793. The predicted molar refractivity (Wildman–Crippen MR) is 89.9 cm³/mol. The molecule has 1 atom stereocenters. The first-order valence-electron chi connectivity index (χ1n) is 7.70. The van der Waals surface area contributed by atoms with E-state index in [1.807, 2.05) is 19.1 Å². The number of halogens is 1. The summed E-state index contributed by atoms with van der Waals surface area (Å²) in [5.74, 6) is -1.15. The molecular weight excluding hydrogens is 323 g/mol. The monoisotopic (exact) mass is 340 g/mol. The summed E-state index contributed by atoms with van der Waals surface area (Å²) in [5.41, 5.74) is 1.03. The van der Waals surface area contributed by atoms with Crippen LogP contribution in [-0.4, -0.2) is 37.7 Å². The minimum absolute atomic E-state index is 0.102. The number of carbonyl (C=O) groups is 1. The van der Waals surface area contributed by atoms with Crippen LogP contribution in [-0.2, 0) is 0 Å². The van der Waals surface area contributed by atoms with E-state index in [9.17, 15) is 14.3 Å². The molecule has 1 N–H and O–H groups in total. The number of aromatic nitrogens is 3. The second-order valence-corrected chi connectivity index (χ2v) is 5.63. The van der Waals surface area contributed by atoms with Crippen molar-refractivity contribution in [3.8, 4) is 11.4 Å². The van der Waals surface area contributed by atoms with Crippen LogP contribution in [0.4, 0.5) is 4.39 Å². The van der Waals surface area contributed by atoms with Crippen LogP contribution in [0.15, 0.2) is 54.9 Å². The maximum atomic E-state index is 13.4. The van der Waals surface area contributed by atoms with Crippen LogP contribution in [0, 0.1) is 5.82 Å². The fraction of sp³-hybridized carbons (Fsp3) is 0.167. The zero-order valence-corrected chi connectivity index (χ0v) is 13.8. The molecule has 0 saturated heterocycles. The lowest BCUT2D eigenvalue weighted by atomic mass is 10.2. The Morgan fingerprint density at radius 3 is 2.76 bits per heavy atom. The molecule has 0 aliphatic rings. The zero-order chi connectivity index (χ0) is 18.0. The normalized spacial score (nSPS) is 12.0. The van der Waals surface area contributed by atoms with E-state index in [0.717, 1.165) is 5.69 Å². The number of carbonyl (C=O) groups excluding carboxylic acids is 1. The smallest absolute Gasteiger partial charge is 0.278 e. The largest absolute Gasteiger partial charge is 0.504 e. The van der Waals surface area contributed by atoms with Crippen molar-refractivity contribution in [1.29, 1.82) is 0 Å². The van der Waals surface area contributed by atoms with Crippen molar-refractivity contribution in [1.82, 2.24) is 19.7 Å². The SMILES string of the molecule is C[C@H](c1ccccn1)N(C)C(=O)c1nn(-c2cccc(F)c2)cc1O. The van der Waals surface area contributed by atoms with Crippen molar-refractivity contribution in [2.75, 3.05) is 7.05 Å². The molecule has 1 amide bonds. The molecule has 0 spiro atoms. The highest BCUT2D eigenvalue weighted by Gasteiger charge is 2.25. The summed E-state index contributed by atoms with van der Waals surface area (Å²) in [7, 11) is 1.61. The summed E-state index contributed by atoms with van der Waals surface area (Å²) in [6.07, 6.45) is 2.93. The first-order valence-corrected chi connectivity index (χ1v) is 7.70. The molecule has 0 radical (unpaired) electrons. The Labute approximate surface area is 144 Å². The van der Waals surface area contributed by atoms with E-state index < -0.39 is 11.7 Å². The molecule has 7 heteroatoms. The fourth-order valence-corrected chi connectivity index (χ4v) is 2.43. The first-order chi connectivity index (χ1) is 12.0. The molecular formula is C18H17FN4O2. The number of aromatic hydroxyl groups is 1. The van der Waals surface area contributed by atoms with E-state index in [1.54, 1.807) is 25.4 Å². The molecule has 3 aromatic rings. The van der Waals surface area contributed by atoms with E-state index in [0.29, 0.717) is 5.69 Å². The van der Waals surface area contributed by atoms with Gasteiger partial charge in [0.1, 0.15) is 5.82 Å². The highest BCUT2D eigenvalue weighted by molar-refractivity contribution is 5.94. The Balaban J connectivity index is 1.87. The van der Waals surface area contributed by atoms with Crippen LogP contribution in [0.5, 0.6) is 5.75 Å². The number of benzene rings is 1. The number of hydrogen-bond donors (Lipinski definition) is 1. The minimum Gasteiger partial charge on any atom is -0.504 e. The van der Waals surface area contributed by atoms with Gasteiger partial charge in [-0.3, -0.25) is 9.78 Å². The molecule has 128 valence electrons. The highest BCUT2D eigenvalue weighted by Crippen LogP contribution is 2.24. The topological polar surface area (TPSA) is 71.2 Å². The molecule has 0 aliphatic carbocycles. The molecule has 25 heavy (non-hydrogen) atoms. The molecule has 1 aromatic carbocycles. The molecule has 0 bridgehead atoms. The molecule has 6 nitrogen and oxygen atoms in total. The van der Waals surface area contributed by atoms with Gasteiger partial charge in [-0.1, -0.05) is 12.1 Å². The second-order valence-electron chi connectivity index (χ2n) is 5.63. The highest BCUT2D eigenvalue weighted by atomic mass is 19.1.